The lowest BCUT2D eigenvalue weighted by atomic mass is 10.1. The Hall–Kier alpha value is -3.98. The summed E-state index contributed by atoms with van der Waals surface area (Å²) in [5, 5.41) is 0.512. The molecule has 4 aromatic rings. The third-order valence-corrected chi connectivity index (χ3v) is 5.73. The Labute approximate surface area is 209 Å². The molecule has 0 aliphatic heterocycles. The first-order chi connectivity index (χ1) is 17.2. The van der Waals surface area contributed by atoms with Gasteiger partial charge in [-0.25, -0.2) is 4.98 Å². The van der Waals surface area contributed by atoms with Crippen molar-refractivity contribution in [2.24, 2.45) is 0 Å². The van der Waals surface area contributed by atoms with Crippen LogP contribution in [0.15, 0.2) is 59.4 Å². The molecule has 0 saturated heterocycles. The first-order valence-electron chi connectivity index (χ1n) is 10.5. The number of halogens is 4. The van der Waals surface area contributed by atoms with Gasteiger partial charge >= 0.3 is 6.18 Å². The molecule has 0 unspecified atom stereocenters. The van der Waals surface area contributed by atoms with Crippen LogP contribution in [0, 0.1) is 0 Å². The van der Waals surface area contributed by atoms with Gasteiger partial charge in [0.2, 0.25) is 0 Å². The summed E-state index contributed by atoms with van der Waals surface area (Å²) in [6.45, 7) is 0. The number of nitrogens with zero attached hydrogens (tertiary/aromatic N) is 2. The predicted molar refractivity (Wildman–Crippen MR) is 132 cm³/mol. The van der Waals surface area contributed by atoms with Gasteiger partial charge in [0.25, 0.3) is 5.56 Å². The Bertz CT molecular complexity index is 1530. The van der Waals surface area contributed by atoms with Crippen LogP contribution in [0.2, 0.25) is 5.02 Å². The number of alkyl halides is 3. The molecule has 0 fully saturated rings. The van der Waals surface area contributed by atoms with Crippen LogP contribution in [0.1, 0.15) is 17.0 Å². The van der Waals surface area contributed by atoms with E-state index in [9.17, 15) is 18.0 Å². The van der Waals surface area contributed by atoms with Crippen molar-refractivity contribution in [3.8, 4) is 22.9 Å². The van der Waals surface area contributed by atoms with Crippen molar-refractivity contribution in [3.63, 3.8) is 0 Å². The monoisotopic (exact) mass is 516 g/mol. The molecule has 186 valence electrons. The van der Waals surface area contributed by atoms with Crippen LogP contribution in [0.25, 0.3) is 28.7 Å². The van der Waals surface area contributed by atoms with Crippen LogP contribution >= 0.6 is 11.6 Å². The number of hydrogen-bond donors (Lipinski definition) is 0. The summed E-state index contributed by atoms with van der Waals surface area (Å²) in [5.41, 5.74) is -0.236. The van der Waals surface area contributed by atoms with Gasteiger partial charge < -0.3 is 14.2 Å². The van der Waals surface area contributed by atoms with Gasteiger partial charge in [-0.05, 0) is 48.0 Å². The maximum atomic E-state index is 13.6. The molecule has 0 amide bonds. The Morgan fingerprint density at radius 1 is 0.889 bits per heavy atom. The highest BCUT2D eigenvalue weighted by Gasteiger charge is 2.30. The summed E-state index contributed by atoms with van der Waals surface area (Å²) in [6, 6.07) is 12.7. The maximum Gasteiger partial charge on any atom is 0.416 e. The van der Waals surface area contributed by atoms with Crippen LogP contribution < -0.4 is 19.8 Å². The largest absolute Gasteiger partial charge is 0.495 e. The van der Waals surface area contributed by atoms with Gasteiger partial charge in [0.15, 0.2) is 11.5 Å². The maximum absolute atomic E-state index is 13.6. The fourth-order valence-corrected chi connectivity index (χ4v) is 3.93. The van der Waals surface area contributed by atoms with E-state index in [0.717, 1.165) is 12.1 Å². The van der Waals surface area contributed by atoms with Crippen molar-refractivity contribution in [2.75, 3.05) is 21.3 Å². The summed E-state index contributed by atoms with van der Waals surface area (Å²) < 4.78 is 56.6. The van der Waals surface area contributed by atoms with Crippen LogP contribution in [0.4, 0.5) is 13.2 Å². The van der Waals surface area contributed by atoms with Gasteiger partial charge in [-0.3, -0.25) is 9.36 Å². The van der Waals surface area contributed by atoms with E-state index in [2.05, 4.69) is 4.98 Å². The van der Waals surface area contributed by atoms with Crippen molar-refractivity contribution in [1.29, 1.82) is 0 Å². The molecule has 0 atom stereocenters. The average Bonchev–Trinajstić information content (AvgIpc) is 2.86. The smallest absolute Gasteiger partial charge is 0.416 e. The summed E-state index contributed by atoms with van der Waals surface area (Å²) in [4.78, 5) is 18.2. The number of benzene rings is 3. The highest BCUT2D eigenvalue weighted by atomic mass is 35.5. The second-order valence-electron chi connectivity index (χ2n) is 7.61. The number of ether oxygens (including phenoxy) is 3. The molecule has 0 saturated carbocycles. The normalized spacial score (nSPS) is 11.8. The third kappa shape index (κ3) is 4.87. The molecule has 6 nitrogen and oxygen atoms in total. The molecule has 3 aromatic carbocycles. The van der Waals surface area contributed by atoms with Crippen LogP contribution in [-0.2, 0) is 6.18 Å². The number of methoxy groups -OCH3 is 3. The molecule has 0 aliphatic carbocycles. The molecular formula is C26H20ClF3N2O4. The molecule has 0 bridgehead atoms. The fraction of sp³-hybridized carbons (Fsp3) is 0.154. The Balaban J connectivity index is 1.96. The van der Waals surface area contributed by atoms with Crippen LogP contribution in [0.3, 0.4) is 0 Å². The van der Waals surface area contributed by atoms with Gasteiger partial charge in [-0.1, -0.05) is 29.8 Å². The number of hydrogen-bond acceptors (Lipinski definition) is 5. The van der Waals surface area contributed by atoms with E-state index >= 15 is 0 Å². The molecule has 36 heavy (non-hydrogen) atoms. The van der Waals surface area contributed by atoms with E-state index < -0.39 is 17.3 Å². The molecule has 1 aromatic heterocycles. The lowest BCUT2D eigenvalue weighted by Crippen LogP contribution is -2.22. The molecule has 0 aliphatic rings. The number of fused-ring (bicyclic) bond motifs is 1. The summed E-state index contributed by atoms with van der Waals surface area (Å²) in [7, 11) is 4.37. The van der Waals surface area contributed by atoms with Crippen molar-refractivity contribution in [2.45, 2.75) is 6.18 Å². The molecular weight excluding hydrogens is 497 g/mol. The average molecular weight is 517 g/mol. The third-order valence-electron chi connectivity index (χ3n) is 5.43. The van der Waals surface area contributed by atoms with Crippen molar-refractivity contribution >= 4 is 34.7 Å². The van der Waals surface area contributed by atoms with Gasteiger partial charge in [-0.2, -0.15) is 13.2 Å². The zero-order valence-electron chi connectivity index (χ0n) is 19.4. The molecule has 0 N–H and O–H groups in total. The summed E-state index contributed by atoms with van der Waals surface area (Å²) in [6.07, 6.45) is -1.57. The molecule has 0 spiro atoms. The van der Waals surface area contributed by atoms with E-state index in [1.165, 1.54) is 62.3 Å². The van der Waals surface area contributed by atoms with Crippen LogP contribution in [-0.4, -0.2) is 30.9 Å². The van der Waals surface area contributed by atoms with E-state index in [1.807, 2.05) is 0 Å². The first kappa shape index (κ1) is 25.1. The first-order valence-corrected chi connectivity index (χ1v) is 10.9. The second kappa shape index (κ2) is 9.94. The summed E-state index contributed by atoms with van der Waals surface area (Å²) >= 11 is 6.30. The Kier molecular flexibility index (Phi) is 6.94. The Morgan fingerprint density at radius 3 is 2.22 bits per heavy atom. The van der Waals surface area contributed by atoms with E-state index in [0.29, 0.717) is 28.5 Å². The lowest BCUT2D eigenvalue weighted by Gasteiger charge is -2.14. The second-order valence-corrected chi connectivity index (χ2v) is 8.02. The predicted octanol–water partition coefficient (Wildman–Crippen LogP) is 6.25. The lowest BCUT2D eigenvalue weighted by molar-refractivity contribution is -0.137. The minimum atomic E-state index is -4.48. The van der Waals surface area contributed by atoms with E-state index in [4.69, 9.17) is 25.8 Å². The van der Waals surface area contributed by atoms with Gasteiger partial charge in [0, 0.05) is 6.07 Å². The molecule has 0 radical (unpaired) electrons. The zero-order valence-corrected chi connectivity index (χ0v) is 20.1. The minimum Gasteiger partial charge on any atom is -0.495 e. The van der Waals surface area contributed by atoms with Gasteiger partial charge in [-0.15, -0.1) is 0 Å². The SMILES string of the molecule is COc1ccc(-n2c(/C=C\c3cccc(C(F)(F)F)c3)nc3cc(OC)c(OC)cc3c2=O)cc1Cl. The van der Waals surface area contributed by atoms with Crippen molar-refractivity contribution in [1.82, 2.24) is 9.55 Å². The summed E-state index contributed by atoms with van der Waals surface area (Å²) in [5.74, 6) is 1.29. The highest BCUT2D eigenvalue weighted by molar-refractivity contribution is 6.32. The molecule has 1 heterocycles. The standard InChI is InChI=1S/C26H20ClF3N2O4/c1-34-21-9-8-17(12-19(21)27)32-24(10-7-15-5-4-6-16(11-15)26(28,29)30)31-20-14-23(36-3)22(35-2)13-18(20)25(32)33/h4-14H,1-3H3/b10-7-. The molecule has 10 heteroatoms. The van der Waals surface area contributed by atoms with Crippen molar-refractivity contribution < 1.29 is 27.4 Å². The van der Waals surface area contributed by atoms with E-state index in [1.54, 1.807) is 18.2 Å². The van der Waals surface area contributed by atoms with Gasteiger partial charge in [0.1, 0.15) is 11.6 Å². The van der Waals surface area contributed by atoms with Crippen LogP contribution in [0.5, 0.6) is 17.2 Å². The van der Waals surface area contributed by atoms with E-state index in [-0.39, 0.29) is 21.8 Å². The fourth-order valence-electron chi connectivity index (χ4n) is 3.68. The van der Waals surface area contributed by atoms with Crippen molar-refractivity contribution in [3.05, 3.63) is 86.9 Å². The quantitative estimate of drug-likeness (QED) is 0.303. The van der Waals surface area contributed by atoms with Gasteiger partial charge in [0.05, 0.1) is 48.5 Å². The zero-order chi connectivity index (χ0) is 26.0. The Morgan fingerprint density at radius 2 is 1.58 bits per heavy atom. The number of rotatable bonds is 6. The topological polar surface area (TPSA) is 62.6 Å². The minimum absolute atomic E-state index is 0.165. The number of aromatic nitrogens is 2. The highest BCUT2D eigenvalue weighted by Crippen LogP contribution is 2.32. The molecule has 4 rings (SSSR count).